The van der Waals surface area contributed by atoms with Crippen molar-refractivity contribution < 1.29 is 4.42 Å². The average molecular weight is 261 g/mol. The van der Waals surface area contributed by atoms with E-state index < -0.39 is 0 Å². The molecule has 0 bridgehead atoms. The fourth-order valence-electron chi connectivity index (χ4n) is 1.32. The summed E-state index contributed by atoms with van der Waals surface area (Å²) in [5.41, 5.74) is 3.56. The van der Waals surface area contributed by atoms with E-state index in [4.69, 9.17) is 21.3 Å². The van der Waals surface area contributed by atoms with Gasteiger partial charge in [0.2, 0.25) is 5.69 Å². The molecule has 5 nitrogen and oxygen atoms in total. The molecule has 1 heterocycles. The minimum Gasteiger partial charge on any atom is -0.422 e. The van der Waals surface area contributed by atoms with Crippen molar-refractivity contribution in [2.75, 3.05) is 5.43 Å². The van der Waals surface area contributed by atoms with Crippen LogP contribution in [-0.4, -0.2) is 11.2 Å². The number of nitriles is 1. The molecular formula is C12H9ClN4O. The first kappa shape index (κ1) is 12.1. The lowest BCUT2D eigenvalue weighted by molar-refractivity contribution is 0.533. The van der Waals surface area contributed by atoms with Crippen LogP contribution >= 0.6 is 11.6 Å². The highest BCUT2D eigenvalue weighted by molar-refractivity contribution is 6.33. The fourth-order valence-corrected chi connectivity index (χ4v) is 1.50. The van der Waals surface area contributed by atoms with Crippen LogP contribution in [0.25, 0.3) is 0 Å². The van der Waals surface area contributed by atoms with E-state index in [1.54, 1.807) is 19.2 Å². The van der Waals surface area contributed by atoms with Gasteiger partial charge in [-0.2, -0.15) is 10.4 Å². The summed E-state index contributed by atoms with van der Waals surface area (Å²) in [5.74, 6) is 0.625. The quantitative estimate of drug-likeness (QED) is 0.680. The predicted octanol–water partition coefficient (Wildman–Crippen LogP) is 2.95. The first-order valence-electron chi connectivity index (χ1n) is 5.12. The van der Waals surface area contributed by atoms with E-state index in [1.165, 1.54) is 0 Å². The zero-order valence-corrected chi connectivity index (χ0v) is 10.3. The summed E-state index contributed by atoms with van der Waals surface area (Å²) in [6, 6.07) is 9.19. The number of halogens is 1. The molecule has 0 aliphatic rings. The van der Waals surface area contributed by atoms with Crippen LogP contribution in [0.1, 0.15) is 17.1 Å². The summed E-state index contributed by atoms with van der Waals surface area (Å²) < 4.78 is 5.18. The largest absolute Gasteiger partial charge is 0.422 e. The molecular weight excluding hydrogens is 252 g/mol. The van der Waals surface area contributed by atoms with Gasteiger partial charge in [-0.1, -0.05) is 29.8 Å². The third-order valence-corrected chi connectivity index (χ3v) is 2.46. The lowest BCUT2D eigenvalue weighted by Gasteiger charge is -1.96. The van der Waals surface area contributed by atoms with Crippen LogP contribution in [0.5, 0.6) is 0 Å². The topological polar surface area (TPSA) is 74.2 Å². The molecule has 0 spiro atoms. The molecule has 1 N–H and O–H groups in total. The number of hydrazone groups is 1. The smallest absolute Gasteiger partial charge is 0.252 e. The van der Waals surface area contributed by atoms with Crippen LogP contribution in [0, 0.1) is 18.3 Å². The third kappa shape index (κ3) is 2.67. The second kappa shape index (κ2) is 5.34. The monoisotopic (exact) mass is 260 g/mol. The molecule has 0 unspecified atom stereocenters. The van der Waals surface area contributed by atoms with Crippen LogP contribution in [0.2, 0.25) is 5.02 Å². The second-order valence-corrected chi connectivity index (χ2v) is 3.82. The van der Waals surface area contributed by atoms with E-state index in [1.807, 2.05) is 24.3 Å². The Morgan fingerprint density at radius 3 is 3.00 bits per heavy atom. The number of hydrogen-bond donors (Lipinski definition) is 1. The van der Waals surface area contributed by atoms with Gasteiger partial charge in [-0.15, -0.1) is 0 Å². The third-order valence-electron chi connectivity index (χ3n) is 2.11. The summed E-state index contributed by atoms with van der Waals surface area (Å²) >= 11 is 5.96. The van der Waals surface area contributed by atoms with Gasteiger partial charge in [-0.3, -0.25) is 0 Å². The van der Waals surface area contributed by atoms with Gasteiger partial charge < -0.3 is 4.42 Å². The number of anilines is 1. The van der Waals surface area contributed by atoms with E-state index in [-0.39, 0.29) is 11.6 Å². The normalized spacial score (nSPS) is 10.5. The molecule has 0 amide bonds. The highest BCUT2D eigenvalue weighted by atomic mass is 35.5. The number of oxazole rings is 1. The van der Waals surface area contributed by atoms with Gasteiger partial charge >= 0.3 is 0 Å². The van der Waals surface area contributed by atoms with Gasteiger partial charge in [0.1, 0.15) is 6.07 Å². The van der Waals surface area contributed by atoms with Crippen LogP contribution in [0.3, 0.4) is 0 Å². The maximum Gasteiger partial charge on any atom is 0.252 e. The molecule has 0 aliphatic carbocycles. The summed E-state index contributed by atoms with van der Waals surface area (Å²) in [4.78, 5) is 3.88. The second-order valence-electron chi connectivity index (χ2n) is 3.41. The van der Waals surface area contributed by atoms with Crippen molar-refractivity contribution in [3.8, 4) is 6.07 Å². The Kier molecular flexibility index (Phi) is 3.60. The Labute approximate surface area is 109 Å². The van der Waals surface area contributed by atoms with Crippen molar-refractivity contribution in [1.82, 2.24) is 4.98 Å². The van der Waals surface area contributed by atoms with E-state index in [2.05, 4.69) is 15.5 Å². The first-order chi connectivity index (χ1) is 8.70. The predicted molar refractivity (Wildman–Crippen MR) is 68.6 cm³/mol. The molecule has 0 aliphatic heterocycles. The standard InChI is InChI=1S/C12H9ClN4O/c1-8-16-11(6-14)12(18-8)17-15-7-9-4-2-3-5-10(9)13/h2-5,7,17H,1H3/b15-7+. The number of hydrogen-bond acceptors (Lipinski definition) is 5. The molecule has 18 heavy (non-hydrogen) atoms. The number of benzene rings is 1. The lowest BCUT2D eigenvalue weighted by Crippen LogP contribution is -1.91. The van der Waals surface area contributed by atoms with E-state index in [9.17, 15) is 0 Å². The summed E-state index contributed by atoms with van der Waals surface area (Å²) in [5, 5.41) is 13.4. The van der Waals surface area contributed by atoms with Crippen LogP contribution in [0.4, 0.5) is 5.88 Å². The number of nitrogens with one attached hydrogen (secondary N) is 1. The van der Waals surface area contributed by atoms with Crippen LogP contribution in [-0.2, 0) is 0 Å². The maximum atomic E-state index is 8.81. The zero-order valence-electron chi connectivity index (χ0n) is 9.51. The average Bonchev–Trinajstić information content (AvgIpc) is 2.72. The van der Waals surface area contributed by atoms with Gasteiger partial charge in [-0.25, -0.2) is 10.4 Å². The maximum absolute atomic E-state index is 8.81. The van der Waals surface area contributed by atoms with Gasteiger partial charge in [0.15, 0.2) is 5.89 Å². The Balaban J connectivity index is 2.13. The van der Waals surface area contributed by atoms with Crippen LogP contribution < -0.4 is 5.43 Å². The Hall–Kier alpha value is -2.32. The number of aromatic nitrogens is 1. The molecule has 2 rings (SSSR count). The molecule has 1 aromatic carbocycles. The SMILES string of the molecule is Cc1nc(C#N)c(N/N=C/c2ccccc2Cl)o1. The fraction of sp³-hybridized carbons (Fsp3) is 0.0833. The molecule has 0 fully saturated rings. The summed E-state index contributed by atoms with van der Waals surface area (Å²) in [7, 11) is 0. The van der Waals surface area contributed by atoms with Crippen molar-refractivity contribution in [2.45, 2.75) is 6.92 Å². The molecule has 1 aromatic heterocycles. The van der Waals surface area contributed by atoms with Crippen molar-refractivity contribution in [3.05, 3.63) is 46.4 Å². The number of rotatable bonds is 3. The highest BCUT2D eigenvalue weighted by Gasteiger charge is 2.08. The molecule has 0 saturated heterocycles. The molecule has 0 radical (unpaired) electrons. The summed E-state index contributed by atoms with van der Waals surface area (Å²) in [6.45, 7) is 1.66. The zero-order chi connectivity index (χ0) is 13.0. The minimum atomic E-state index is 0.170. The summed E-state index contributed by atoms with van der Waals surface area (Å²) in [6.07, 6.45) is 1.54. The number of nitrogens with zero attached hydrogens (tertiary/aromatic N) is 3. The molecule has 6 heteroatoms. The molecule has 0 saturated carbocycles. The highest BCUT2D eigenvalue weighted by Crippen LogP contribution is 2.16. The van der Waals surface area contributed by atoms with Crippen molar-refractivity contribution in [3.63, 3.8) is 0 Å². The molecule has 2 aromatic rings. The van der Waals surface area contributed by atoms with E-state index in [0.717, 1.165) is 5.56 Å². The minimum absolute atomic E-state index is 0.170. The molecule has 90 valence electrons. The van der Waals surface area contributed by atoms with Gasteiger partial charge in [0.25, 0.3) is 5.88 Å². The Morgan fingerprint density at radius 2 is 2.28 bits per heavy atom. The Morgan fingerprint density at radius 1 is 1.50 bits per heavy atom. The van der Waals surface area contributed by atoms with Gasteiger partial charge in [0, 0.05) is 17.5 Å². The van der Waals surface area contributed by atoms with Gasteiger partial charge in [0.05, 0.1) is 6.21 Å². The Bertz CT molecular complexity index is 627. The van der Waals surface area contributed by atoms with Crippen molar-refractivity contribution in [2.24, 2.45) is 5.10 Å². The first-order valence-corrected chi connectivity index (χ1v) is 5.49. The molecule has 0 atom stereocenters. The van der Waals surface area contributed by atoms with Crippen molar-refractivity contribution in [1.29, 1.82) is 5.26 Å². The van der Waals surface area contributed by atoms with Crippen LogP contribution in [0.15, 0.2) is 33.8 Å². The van der Waals surface area contributed by atoms with Crippen molar-refractivity contribution >= 4 is 23.7 Å². The van der Waals surface area contributed by atoms with Gasteiger partial charge in [-0.05, 0) is 6.07 Å². The lowest BCUT2D eigenvalue weighted by atomic mass is 10.2. The number of aryl methyl sites for hydroxylation is 1. The van der Waals surface area contributed by atoms with E-state index in [0.29, 0.717) is 10.9 Å². The van der Waals surface area contributed by atoms with E-state index >= 15 is 0 Å².